The topological polar surface area (TPSA) is 69.5 Å². The summed E-state index contributed by atoms with van der Waals surface area (Å²) in [6.07, 6.45) is 2.14. The number of aromatic nitrogens is 3. The Labute approximate surface area is 202 Å². The molecule has 1 aliphatic heterocycles. The van der Waals surface area contributed by atoms with Crippen molar-refractivity contribution in [2.75, 3.05) is 26.3 Å². The van der Waals surface area contributed by atoms with Crippen molar-refractivity contribution in [2.24, 2.45) is 0 Å². The van der Waals surface area contributed by atoms with Crippen molar-refractivity contribution in [2.45, 2.75) is 35.9 Å². The molecule has 9 heteroatoms. The first kappa shape index (κ1) is 22.3. The van der Waals surface area contributed by atoms with Gasteiger partial charge in [0.2, 0.25) is 5.91 Å². The molecule has 1 saturated carbocycles. The second kappa shape index (κ2) is 10.2. The first-order valence-electron chi connectivity index (χ1n) is 11.1. The Bertz CT molecular complexity index is 1100. The van der Waals surface area contributed by atoms with Crippen molar-refractivity contribution in [1.29, 1.82) is 0 Å². The molecule has 3 aromatic rings. The highest BCUT2D eigenvalue weighted by Gasteiger charge is 2.34. The minimum atomic E-state index is -0.400. The van der Waals surface area contributed by atoms with E-state index in [-0.39, 0.29) is 12.5 Å². The van der Waals surface area contributed by atoms with Gasteiger partial charge in [0, 0.05) is 19.1 Å². The molecule has 1 saturated heterocycles. The van der Waals surface area contributed by atoms with Gasteiger partial charge in [-0.1, -0.05) is 65.8 Å². The molecule has 172 valence electrons. The van der Waals surface area contributed by atoms with Crippen LogP contribution in [0.4, 0.5) is 0 Å². The smallest absolute Gasteiger partial charge is 0.240 e. The molecule has 2 heterocycles. The van der Waals surface area contributed by atoms with Crippen LogP contribution >= 0.6 is 23.4 Å². The molecule has 33 heavy (non-hydrogen) atoms. The lowest BCUT2D eigenvalue weighted by Gasteiger charge is -2.30. The molecule has 0 bridgehead atoms. The summed E-state index contributed by atoms with van der Waals surface area (Å²) in [6, 6.07) is 17.6. The Morgan fingerprint density at radius 2 is 1.82 bits per heavy atom. The summed E-state index contributed by atoms with van der Waals surface area (Å²) in [5, 5.41) is 9.79. The number of hydrogen-bond acceptors (Lipinski definition) is 6. The maximum Gasteiger partial charge on any atom is 0.240 e. The van der Waals surface area contributed by atoms with Crippen molar-refractivity contribution in [3.05, 3.63) is 71.0 Å². The van der Waals surface area contributed by atoms with Gasteiger partial charge in [0.05, 0.1) is 18.2 Å². The molecular formula is C24H25ClN4O3S. The summed E-state index contributed by atoms with van der Waals surface area (Å²) in [4.78, 5) is 15.4. The number of benzene rings is 2. The van der Waals surface area contributed by atoms with Crippen LogP contribution < -0.4 is 4.74 Å². The summed E-state index contributed by atoms with van der Waals surface area (Å²) >= 11 is 7.69. The third-order valence-corrected chi connectivity index (χ3v) is 7.22. The highest BCUT2D eigenvalue weighted by atomic mass is 35.5. The zero-order valence-corrected chi connectivity index (χ0v) is 19.7. The number of thioether (sulfide) groups is 1. The number of morpholine rings is 1. The molecule has 1 amide bonds. The number of halogens is 1. The van der Waals surface area contributed by atoms with Crippen LogP contribution in [-0.4, -0.2) is 51.9 Å². The van der Waals surface area contributed by atoms with Gasteiger partial charge in [-0.05, 0) is 30.5 Å². The van der Waals surface area contributed by atoms with Crippen molar-refractivity contribution in [3.8, 4) is 5.75 Å². The van der Waals surface area contributed by atoms with Crippen LogP contribution in [0.3, 0.4) is 0 Å². The molecule has 0 unspecified atom stereocenters. The lowest BCUT2D eigenvalue weighted by Crippen LogP contribution is -2.42. The first-order chi connectivity index (χ1) is 16.2. The van der Waals surface area contributed by atoms with Gasteiger partial charge in [0.1, 0.15) is 17.6 Å². The van der Waals surface area contributed by atoms with Crippen molar-refractivity contribution in [1.82, 2.24) is 19.7 Å². The molecule has 0 N–H and O–H groups in total. The number of nitrogens with zero attached hydrogens (tertiary/aromatic N) is 4. The van der Waals surface area contributed by atoms with E-state index in [9.17, 15) is 4.79 Å². The van der Waals surface area contributed by atoms with E-state index in [1.54, 1.807) is 6.07 Å². The molecule has 7 nitrogen and oxygen atoms in total. The molecular weight excluding hydrogens is 460 g/mol. The van der Waals surface area contributed by atoms with Crippen LogP contribution in [0.25, 0.3) is 0 Å². The third kappa shape index (κ3) is 5.18. The fraction of sp³-hybridized carbons (Fsp3) is 0.375. The Balaban J connectivity index is 1.39. The highest BCUT2D eigenvalue weighted by Crippen LogP contribution is 2.43. The number of rotatable bonds is 8. The quantitative estimate of drug-likeness (QED) is 0.437. The monoisotopic (exact) mass is 484 g/mol. The van der Waals surface area contributed by atoms with E-state index in [0.29, 0.717) is 43.1 Å². The number of carbonyl (C=O) groups excluding carboxylic acids is 1. The SMILES string of the molecule is O=C([C@@H](Sc1nnc(COc2ccccc2Cl)n1C1CC1)c1ccccc1)N1CCOCC1. The average molecular weight is 485 g/mol. The van der Waals surface area contributed by atoms with E-state index >= 15 is 0 Å². The molecule has 0 radical (unpaired) electrons. The minimum Gasteiger partial charge on any atom is -0.484 e. The van der Waals surface area contributed by atoms with E-state index in [2.05, 4.69) is 14.8 Å². The summed E-state index contributed by atoms with van der Waals surface area (Å²) in [7, 11) is 0. The fourth-order valence-electron chi connectivity index (χ4n) is 3.83. The zero-order valence-electron chi connectivity index (χ0n) is 18.1. The molecule has 2 fully saturated rings. The fourth-order valence-corrected chi connectivity index (χ4v) is 5.23. The van der Waals surface area contributed by atoms with Crippen LogP contribution in [0.5, 0.6) is 5.75 Å². The number of hydrogen-bond donors (Lipinski definition) is 0. The van der Waals surface area contributed by atoms with Crippen LogP contribution in [0.1, 0.15) is 35.5 Å². The van der Waals surface area contributed by atoms with E-state index in [0.717, 1.165) is 29.4 Å². The van der Waals surface area contributed by atoms with Gasteiger partial charge >= 0.3 is 0 Å². The molecule has 1 atom stereocenters. The van der Waals surface area contributed by atoms with Gasteiger partial charge in [-0.3, -0.25) is 9.36 Å². The lowest BCUT2D eigenvalue weighted by molar-refractivity contribution is -0.134. The first-order valence-corrected chi connectivity index (χ1v) is 12.4. The number of amides is 1. The van der Waals surface area contributed by atoms with E-state index in [4.69, 9.17) is 21.1 Å². The summed E-state index contributed by atoms with van der Waals surface area (Å²) < 4.78 is 13.5. The Hall–Kier alpha value is -2.55. The van der Waals surface area contributed by atoms with Crippen molar-refractivity contribution < 1.29 is 14.3 Å². The second-order valence-corrected chi connectivity index (χ2v) is 9.54. The van der Waals surface area contributed by atoms with Crippen LogP contribution in [-0.2, 0) is 16.1 Å². The van der Waals surface area contributed by atoms with Gasteiger partial charge in [-0.15, -0.1) is 10.2 Å². The Morgan fingerprint density at radius 3 is 2.55 bits per heavy atom. The Morgan fingerprint density at radius 1 is 1.09 bits per heavy atom. The normalized spacial score (nSPS) is 17.1. The van der Waals surface area contributed by atoms with Crippen LogP contribution in [0.2, 0.25) is 5.02 Å². The third-order valence-electron chi connectivity index (χ3n) is 5.71. The predicted molar refractivity (Wildman–Crippen MR) is 127 cm³/mol. The van der Waals surface area contributed by atoms with E-state index in [1.165, 1.54) is 11.8 Å². The number of carbonyl (C=O) groups is 1. The van der Waals surface area contributed by atoms with Gasteiger partial charge in [-0.25, -0.2) is 0 Å². The molecule has 1 aliphatic carbocycles. The van der Waals surface area contributed by atoms with Crippen molar-refractivity contribution in [3.63, 3.8) is 0 Å². The van der Waals surface area contributed by atoms with Crippen molar-refractivity contribution >= 4 is 29.3 Å². The molecule has 2 aliphatic rings. The maximum atomic E-state index is 13.5. The molecule has 0 spiro atoms. The predicted octanol–water partition coefficient (Wildman–Crippen LogP) is 4.54. The van der Waals surface area contributed by atoms with Gasteiger partial charge in [0.25, 0.3) is 0 Å². The highest BCUT2D eigenvalue weighted by molar-refractivity contribution is 8.00. The minimum absolute atomic E-state index is 0.0775. The molecule has 2 aromatic carbocycles. The molecule has 1 aromatic heterocycles. The van der Waals surface area contributed by atoms with Gasteiger partial charge in [-0.2, -0.15) is 0 Å². The lowest BCUT2D eigenvalue weighted by atomic mass is 10.1. The van der Waals surface area contributed by atoms with Crippen LogP contribution in [0, 0.1) is 0 Å². The maximum absolute atomic E-state index is 13.5. The number of para-hydroxylation sites is 1. The second-order valence-electron chi connectivity index (χ2n) is 8.07. The number of ether oxygens (including phenoxy) is 2. The van der Waals surface area contributed by atoms with Gasteiger partial charge < -0.3 is 14.4 Å². The summed E-state index contributed by atoms with van der Waals surface area (Å²) in [5.74, 6) is 1.43. The standard InChI is InChI=1S/C24H25ClN4O3S/c25-19-8-4-5-9-20(19)32-16-21-26-27-24(29(21)18-10-11-18)33-22(17-6-2-1-3-7-17)23(30)28-12-14-31-15-13-28/h1-9,18,22H,10-16H2/t22-/m0/s1. The van der Waals surface area contributed by atoms with Crippen LogP contribution in [0.15, 0.2) is 59.8 Å². The zero-order chi connectivity index (χ0) is 22.6. The van der Waals surface area contributed by atoms with E-state index < -0.39 is 5.25 Å². The average Bonchev–Trinajstić information content (AvgIpc) is 3.62. The molecule has 5 rings (SSSR count). The van der Waals surface area contributed by atoms with E-state index in [1.807, 2.05) is 53.4 Å². The summed E-state index contributed by atoms with van der Waals surface area (Å²) in [5.41, 5.74) is 0.957. The largest absolute Gasteiger partial charge is 0.484 e. The van der Waals surface area contributed by atoms with Gasteiger partial charge in [0.15, 0.2) is 11.0 Å². The Kier molecular flexibility index (Phi) is 6.85. The summed E-state index contributed by atoms with van der Waals surface area (Å²) in [6.45, 7) is 2.62.